The molecule has 1 aromatic carbocycles. The molecule has 0 saturated carbocycles. The highest BCUT2D eigenvalue weighted by Gasteiger charge is 1.99. The number of aromatic nitrogens is 1. The number of benzene rings is 1. The maximum absolute atomic E-state index is 5.85. The van der Waals surface area contributed by atoms with Crippen molar-refractivity contribution >= 4 is 23.4 Å². The summed E-state index contributed by atoms with van der Waals surface area (Å²) in [5, 5.41) is 0.780. The zero-order valence-corrected chi connectivity index (χ0v) is 13.5. The van der Waals surface area contributed by atoms with E-state index in [0.29, 0.717) is 0 Å². The van der Waals surface area contributed by atoms with E-state index in [-0.39, 0.29) is 0 Å². The second kappa shape index (κ2) is 8.23. The first-order chi connectivity index (χ1) is 9.15. The molecule has 0 bridgehead atoms. The molecule has 0 saturated heterocycles. The number of halogens is 1. The molecule has 102 valence electrons. The zero-order chi connectivity index (χ0) is 14.3. The molecule has 1 nitrogen and oxygen atoms in total. The Balaban J connectivity index is 0.000000861. The molecular formula is C16H20ClNS. The van der Waals surface area contributed by atoms with Crippen molar-refractivity contribution in [2.75, 3.05) is 0 Å². The quantitative estimate of drug-likeness (QED) is 0.676. The van der Waals surface area contributed by atoms with E-state index < -0.39 is 0 Å². The Hall–Kier alpha value is -0.990. The van der Waals surface area contributed by atoms with Gasteiger partial charge in [-0.1, -0.05) is 31.5 Å². The summed E-state index contributed by atoms with van der Waals surface area (Å²) < 4.78 is 0. The third-order valence-electron chi connectivity index (χ3n) is 2.62. The average Bonchev–Trinajstić information content (AvgIpc) is 2.44. The van der Waals surface area contributed by atoms with Gasteiger partial charge in [-0.3, -0.25) is 4.98 Å². The van der Waals surface area contributed by atoms with E-state index in [2.05, 4.69) is 18.0 Å². The van der Waals surface area contributed by atoms with Crippen LogP contribution in [0.25, 0.3) is 0 Å². The molecule has 0 aliphatic carbocycles. The summed E-state index contributed by atoms with van der Waals surface area (Å²) in [5.41, 5.74) is 3.61. The highest BCUT2D eigenvalue weighted by Crippen LogP contribution is 2.24. The maximum Gasteiger partial charge on any atom is 0.0406 e. The van der Waals surface area contributed by atoms with Crippen molar-refractivity contribution in [3.05, 3.63) is 58.4 Å². The van der Waals surface area contributed by atoms with Gasteiger partial charge in [0.1, 0.15) is 0 Å². The van der Waals surface area contributed by atoms with Gasteiger partial charge >= 0.3 is 0 Å². The van der Waals surface area contributed by atoms with Crippen LogP contribution >= 0.6 is 23.4 Å². The van der Waals surface area contributed by atoms with Gasteiger partial charge in [-0.25, -0.2) is 0 Å². The number of thioether (sulfide) groups is 1. The maximum atomic E-state index is 5.85. The molecule has 0 unspecified atom stereocenters. The van der Waals surface area contributed by atoms with Crippen LogP contribution in [0.2, 0.25) is 5.02 Å². The van der Waals surface area contributed by atoms with E-state index in [4.69, 9.17) is 11.6 Å². The van der Waals surface area contributed by atoms with Gasteiger partial charge in [-0.05, 0) is 49.2 Å². The lowest BCUT2D eigenvalue weighted by Crippen LogP contribution is -1.90. The van der Waals surface area contributed by atoms with E-state index >= 15 is 0 Å². The molecule has 0 N–H and O–H groups in total. The molecule has 0 aliphatic heterocycles. The molecule has 0 amide bonds. The Morgan fingerprint density at radius 3 is 2.32 bits per heavy atom. The minimum absolute atomic E-state index is 0.780. The fourth-order valence-electron chi connectivity index (χ4n) is 1.48. The van der Waals surface area contributed by atoms with E-state index in [1.165, 1.54) is 16.0 Å². The van der Waals surface area contributed by atoms with Crippen LogP contribution in [0.4, 0.5) is 0 Å². The number of aryl methyl sites for hydroxylation is 2. The van der Waals surface area contributed by atoms with Crippen LogP contribution in [-0.2, 0) is 5.75 Å². The van der Waals surface area contributed by atoms with Crippen LogP contribution in [0.5, 0.6) is 0 Å². The van der Waals surface area contributed by atoms with Gasteiger partial charge in [0.05, 0.1) is 0 Å². The summed E-state index contributed by atoms with van der Waals surface area (Å²) in [5.74, 6) is 0.940. The summed E-state index contributed by atoms with van der Waals surface area (Å²) in [4.78, 5) is 5.60. The molecule has 0 fully saturated rings. The molecule has 0 aliphatic rings. The molecule has 19 heavy (non-hydrogen) atoms. The molecule has 2 aromatic rings. The Labute approximate surface area is 125 Å². The van der Waals surface area contributed by atoms with Gasteiger partial charge < -0.3 is 0 Å². The minimum Gasteiger partial charge on any atom is -0.261 e. The molecule has 1 heterocycles. The first-order valence-electron chi connectivity index (χ1n) is 6.45. The number of rotatable bonds is 3. The summed E-state index contributed by atoms with van der Waals surface area (Å²) >= 11 is 7.65. The first kappa shape index (κ1) is 16.1. The van der Waals surface area contributed by atoms with Crippen molar-refractivity contribution in [2.45, 2.75) is 38.3 Å². The van der Waals surface area contributed by atoms with Gasteiger partial charge in [-0.15, -0.1) is 11.8 Å². The van der Waals surface area contributed by atoms with Crippen molar-refractivity contribution < 1.29 is 0 Å². The van der Waals surface area contributed by atoms with E-state index in [9.17, 15) is 0 Å². The second-order valence-corrected chi connectivity index (χ2v) is 5.47. The lowest BCUT2D eigenvalue weighted by atomic mass is 10.2. The normalized spacial score (nSPS) is 9.74. The second-order valence-electron chi connectivity index (χ2n) is 3.99. The molecular weight excluding hydrogens is 274 g/mol. The van der Waals surface area contributed by atoms with E-state index in [1.807, 2.05) is 51.2 Å². The Morgan fingerprint density at radius 2 is 1.74 bits per heavy atom. The third kappa shape index (κ3) is 5.25. The molecule has 2 rings (SSSR count). The summed E-state index contributed by atoms with van der Waals surface area (Å²) in [7, 11) is 0. The predicted molar refractivity (Wildman–Crippen MR) is 86.1 cm³/mol. The van der Waals surface area contributed by atoms with Gasteiger partial charge in [-0.2, -0.15) is 0 Å². The molecule has 0 atom stereocenters. The van der Waals surface area contributed by atoms with Crippen LogP contribution < -0.4 is 0 Å². The molecule has 0 radical (unpaired) electrons. The van der Waals surface area contributed by atoms with Crippen molar-refractivity contribution in [3.63, 3.8) is 0 Å². The van der Waals surface area contributed by atoms with Gasteiger partial charge in [0, 0.05) is 27.6 Å². The number of nitrogens with zero attached hydrogens (tertiary/aromatic N) is 1. The minimum atomic E-state index is 0.780. The molecule has 1 aromatic heterocycles. The largest absolute Gasteiger partial charge is 0.261 e. The van der Waals surface area contributed by atoms with Gasteiger partial charge in [0.25, 0.3) is 0 Å². The predicted octanol–water partition coefficient (Wildman–Crippen LogP) is 5.67. The standard InChI is InChI=1S/C14H14ClNS.C2H6/c1-10-7-12(8-16-11(10)2)9-17-14-5-3-13(15)4-6-14;1-2/h3-8H,9H2,1-2H3;1-2H3. The van der Waals surface area contributed by atoms with Crippen molar-refractivity contribution in [1.82, 2.24) is 4.98 Å². The monoisotopic (exact) mass is 293 g/mol. The molecule has 3 heteroatoms. The van der Waals surface area contributed by atoms with E-state index in [0.717, 1.165) is 16.5 Å². The van der Waals surface area contributed by atoms with Crippen molar-refractivity contribution in [2.24, 2.45) is 0 Å². The molecule has 0 spiro atoms. The highest BCUT2D eigenvalue weighted by molar-refractivity contribution is 7.98. The third-order valence-corrected chi connectivity index (χ3v) is 3.95. The summed E-state index contributed by atoms with van der Waals surface area (Å²) in [6.07, 6.45) is 1.95. The highest BCUT2D eigenvalue weighted by atomic mass is 35.5. The number of hydrogen-bond donors (Lipinski definition) is 0. The lowest BCUT2D eigenvalue weighted by Gasteiger charge is -2.04. The Bertz CT molecular complexity index is 509. The van der Waals surface area contributed by atoms with Crippen LogP contribution in [0.3, 0.4) is 0 Å². The SMILES string of the molecule is CC.Cc1cc(CSc2ccc(Cl)cc2)cnc1C. The fourth-order valence-corrected chi connectivity index (χ4v) is 2.42. The Kier molecular flexibility index (Phi) is 6.96. The number of pyridine rings is 1. The van der Waals surface area contributed by atoms with Crippen LogP contribution in [0, 0.1) is 13.8 Å². The topological polar surface area (TPSA) is 12.9 Å². The fraction of sp³-hybridized carbons (Fsp3) is 0.312. The lowest BCUT2D eigenvalue weighted by molar-refractivity contribution is 1.12. The van der Waals surface area contributed by atoms with Gasteiger partial charge in [0.15, 0.2) is 0 Å². The Morgan fingerprint density at radius 1 is 1.11 bits per heavy atom. The summed E-state index contributed by atoms with van der Waals surface area (Å²) in [6.45, 7) is 8.13. The zero-order valence-electron chi connectivity index (χ0n) is 11.9. The smallest absolute Gasteiger partial charge is 0.0406 e. The number of hydrogen-bond acceptors (Lipinski definition) is 2. The van der Waals surface area contributed by atoms with Crippen LogP contribution in [0.1, 0.15) is 30.7 Å². The average molecular weight is 294 g/mol. The van der Waals surface area contributed by atoms with Crippen LogP contribution in [-0.4, -0.2) is 4.98 Å². The summed E-state index contributed by atoms with van der Waals surface area (Å²) in [6, 6.07) is 10.1. The van der Waals surface area contributed by atoms with E-state index in [1.54, 1.807) is 11.8 Å². The van der Waals surface area contributed by atoms with Gasteiger partial charge in [0.2, 0.25) is 0 Å². The van der Waals surface area contributed by atoms with Crippen LogP contribution in [0.15, 0.2) is 41.4 Å². The van der Waals surface area contributed by atoms with Crippen molar-refractivity contribution in [3.8, 4) is 0 Å². The van der Waals surface area contributed by atoms with Crippen molar-refractivity contribution in [1.29, 1.82) is 0 Å². The first-order valence-corrected chi connectivity index (χ1v) is 7.82.